The highest BCUT2D eigenvalue weighted by Gasteiger charge is 2.22. The highest BCUT2D eigenvalue weighted by molar-refractivity contribution is 7.92. The summed E-state index contributed by atoms with van der Waals surface area (Å²) in [6.07, 6.45) is 1.72. The third-order valence-electron chi connectivity index (χ3n) is 5.44. The summed E-state index contributed by atoms with van der Waals surface area (Å²) >= 11 is 0. The average Bonchev–Trinajstić information content (AvgIpc) is 3.29. The molecule has 0 unspecified atom stereocenters. The molecular weight excluding hydrogens is 450 g/mol. The first-order valence-corrected chi connectivity index (χ1v) is 12.4. The maximum atomic E-state index is 13.1. The third-order valence-corrected chi connectivity index (χ3v) is 6.96. The van der Waals surface area contributed by atoms with E-state index >= 15 is 0 Å². The van der Waals surface area contributed by atoms with Gasteiger partial charge < -0.3 is 9.32 Å². The van der Waals surface area contributed by atoms with E-state index in [-0.39, 0.29) is 35.7 Å². The predicted molar refractivity (Wildman–Crippen MR) is 131 cm³/mol. The second-order valence-electron chi connectivity index (χ2n) is 9.13. The van der Waals surface area contributed by atoms with Crippen LogP contribution in [0.1, 0.15) is 54.4 Å². The van der Waals surface area contributed by atoms with Crippen LogP contribution in [0.25, 0.3) is 0 Å². The smallest absolute Gasteiger partial charge is 0.262 e. The third kappa shape index (κ3) is 6.06. The van der Waals surface area contributed by atoms with Gasteiger partial charge in [0.15, 0.2) is 0 Å². The lowest BCUT2D eigenvalue weighted by atomic mass is 9.87. The number of furan rings is 1. The van der Waals surface area contributed by atoms with Crippen LogP contribution in [0.5, 0.6) is 0 Å². The molecule has 3 rings (SSSR count). The molecule has 1 amide bonds. The van der Waals surface area contributed by atoms with Gasteiger partial charge in [0.05, 0.1) is 30.2 Å². The van der Waals surface area contributed by atoms with E-state index in [1.807, 2.05) is 32.9 Å². The molecule has 0 spiro atoms. The number of benzene rings is 2. The van der Waals surface area contributed by atoms with E-state index in [1.54, 1.807) is 49.4 Å². The van der Waals surface area contributed by atoms with Gasteiger partial charge in [0, 0.05) is 17.8 Å². The lowest BCUT2D eigenvalue weighted by Crippen LogP contribution is -2.31. The van der Waals surface area contributed by atoms with E-state index in [4.69, 9.17) is 9.68 Å². The van der Waals surface area contributed by atoms with Crippen LogP contribution in [-0.4, -0.2) is 25.8 Å². The topological polar surface area (TPSA) is 103 Å². The Morgan fingerprint density at radius 3 is 2.41 bits per heavy atom. The molecule has 0 radical (unpaired) electrons. The molecule has 8 heteroatoms. The van der Waals surface area contributed by atoms with Crippen molar-refractivity contribution in [3.8, 4) is 6.07 Å². The van der Waals surface area contributed by atoms with Crippen molar-refractivity contribution in [2.45, 2.75) is 51.0 Å². The number of nitriles is 1. The molecule has 0 fully saturated rings. The number of sulfonamides is 1. The molecule has 3 aromatic rings. The maximum Gasteiger partial charge on any atom is 0.262 e. The van der Waals surface area contributed by atoms with Crippen LogP contribution in [0.2, 0.25) is 0 Å². The molecule has 0 bridgehead atoms. The highest BCUT2D eigenvalue weighted by Crippen LogP contribution is 2.28. The number of hydrogen-bond donors (Lipinski definition) is 1. The Morgan fingerprint density at radius 1 is 1.12 bits per heavy atom. The minimum absolute atomic E-state index is 0.187. The fourth-order valence-corrected chi connectivity index (χ4v) is 4.79. The summed E-state index contributed by atoms with van der Waals surface area (Å²) in [5.41, 5.74) is 2.13. The van der Waals surface area contributed by atoms with Crippen LogP contribution >= 0.6 is 0 Å². The molecule has 1 aromatic heterocycles. The van der Waals surface area contributed by atoms with E-state index in [9.17, 15) is 13.2 Å². The van der Waals surface area contributed by atoms with Gasteiger partial charge in [-0.25, -0.2) is 8.42 Å². The number of nitrogens with zero attached hydrogens (tertiary/aromatic N) is 2. The first-order chi connectivity index (χ1) is 16.0. The summed E-state index contributed by atoms with van der Waals surface area (Å²) in [4.78, 5) is 14.8. The van der Waals surface area contributed by atoms with Crippen molar-refractivity contribution in [2.75, 3.05) is 11.3 Å². The van der Waals surface area contributed by atoms with Crippen LogP contribution < -0.4 is 4.72 Å². The zero-order valence-electron chi connectivity index (χ0n) is 19.8. The van der Waals surface area contributed by atoms with Gasteiger partial charge in [0.1, 0.15) is 5.76 Å². The average molecular weight is 480 g/mol. The summed E-state index contributed by atoms with van der Waals surface area (Å²) in [6.45, 7) is 8.35. The molecular formula is C26H29N3O4S. The predicted octanol–water partition coefficient (Wildman–Crippen LogP) is 5.24. The zero-order valence-corrected chi connectivity index (χ0v) is 20.6. The van der Waals surface area contributed by atoms with Crippen molar-refractivity contribution in [3.63, 3.8) is 0 Å². The molecule has 0 aliphatic heterocycles. The molecule has 0 saturated heterocycles. The van der Waals surface area contributed by atoms with Crippen LogP contribution in [-0.2, 0) is 22.0 Å². The van der Waals surface area contributed by atoms with Crippen LogP contribution in [0.3, 0.4) is 0 Å². The molecule has 1 heterocycles. The summed E-state index contributed by atoms with van der Waals surface area (Å²) in [6, 6.07) is 17.3. The van der Waals surface area contributed by atoms with Gasteiger partial charge in [0.25, 0.3) is 15.9 Å². The second-order valence-corrected chi connectivity index (χ2v) is 10.8. The number of carbonyl (C=O) groups excluding carboxylic acids is 1. The first-order valence-electron chi connectivity index (χ1n) is 10.9. The Bertz CT molecular complexity index is 1280. The number of aryl methyl sites for hydroxylation is 1. The Kier molecular flexibility index (Phi) is 7.48. The van der Waals surface area contributed by atoms with Gasteiger partial charge in [-0.05, 0) is 65.9 Å². The quantitative estimate of drug-likeness (QED) is 0.476. The van der Waals surface area contributed by atoms with Crippen molar-refractivity contribution in [3.05, 3.63) is 83.3 Å². The van der Waals surface area contributed by atoms with E-state index in [0.717, 1.165) is 5.56 Å². The molecule has 34 heavy (non-hydrogen) atoms. The van der Waals surface area contributed by atoms with Gasteiger partial charge >= 0.3 is 0 Å². The summed E-state index contributed by atoms with van der Waals surface area (Å²) < 4.78 is 34.1. The molecule has 0 aliphatic rings. The van der Waals surface area contributed by atoms with Crippen molar-refractivity contribution in [1.82, 2.24) is 4.90 Å². The zero-order chi connectivity index (χ0) is 24.9. The summed E-state index contributed by atoms with van der Waals surface area (Å²) in [5.74, 6) is 0.346. The first kappa shape index (κ1) is 25.1. The van der Waals surface area contributed by atoms with Crippen LogP contribution in [0.15, 0.2) is 70.2 Å². The van der Waals surface area contributed by atoms with Crippen molar-refractivity contribution < 1.29 is 17.6 Å². The maximum absolute atomic E-state index is 13.1. The fraction of sp³-hybridized carbons (Fsp3) is 0.308. The minimum Gasteiger partial charge on any atom is -0.467 e. The summed E-state index contributed by atoms with van der Waals surface area (Å²) in [7, 11) is -3.82. The lowest BCUT2D eigenvalue weighted by molar-refractivity contribution is 0.0735. The number of anilines is 1. The number of rotatable bonds is 8. The van der Waals surface area contributed by atoms with E-state index in [2.05, 4.69) is 10.8 Å². The van der Waals surface area contributed by atoms with Crippen LogP contribution in [0.4, 0.5) is 5.69 Å². The molecule has 0 aliphatic carbocycles. The molecule has 1 N–H and O–H groups in total. The van der Waals surface area contributed by atoms with Gasteiger partial charge in [-0.1, -0.05) is 32.9 Å². The second kappa shape index (κ2) is 10.1. The standard InChI is InChI=1S/C26H29N3O4S/c1-19-8-11-21(26(2,3)4)17-24(19)34(31,32)28-22-12-9-20(10-13-22)25(30)29(15-6-14-27)18-23-7-5-16-33-23/h5,7-13,16-17,28H,6,15,18H2,1-4H3. The highest BCUT2D eigenvalue weighted by atomic mass is 32.2. The van der Waals surface area contributed by atoms with Gasteiger partial charge in [-0.2, -0.15) is 5.26 Å². The number of nitrogens with one attached hydrogen (secondary N) is 1. The number of hydrogen-bond acceptors (Lipinski definition) is 5. The fourth-order valence-electron chi connectivity index (χ4n) is 3.46. The van der Waals surface area contributed by atoms with Crippen LogP contribution in [0, 0.1) is 18.3 Å². The molecule has 178 valence electrons. The molecule has 0 saturated carbocycles. The SMILES string of the molecule is Cc1ccc(C(C)(C)C)cc1S(=O)(=O)Nc1ccc(C(=O)N(CCC#N)Cc2ccco2)cc1. The van der Waals surface area contributed by atoms with Crippen molar-refractivity contribution in [1.29, 1.82) is 5.26 Å². The number of carbonyl (C=O) groups is 1. The van der Waals surface area contributed by atoms with Gasteiger partial charge in [0.2, 0.25) is 0 Å². The normalized spacial score (nSPS) is 11.6. The van der Waals surface area contributed by atoms with Crippen molar-refractivity contribution in [2.24, 2.45) is 0 Å². The minimum atomic E-state index is -3.82. The van der Waals surface area contributed by atoms with Crippen molar-refractivity contribution >= 4 is 21.6 Å². The van der Waals surface area contributed by atoms with E-state index in [0.29, 0.717) is 22.6 Å². The molecule has 0 atom stereocenters. The lowest BCUT2D eigenvalue weighted by Gasteiger charge is -2.21. The van der Waals surface area contributed by atoms with Gasteiger partial charge in [-0.15, -0.1) is 0 Å². The Balaban J connectivity index is 1.80. The van der Waals surface area contributed by atoms with E-state index < -0.39 is 10.0 Å². The summed E-state index contributed by atoms with van der Waals surface area (Å²) in [5, 5.41) is 8.94. The number of amides is 1. The monoisotopic (exact) mass is 479 g/mol. The largest absolute Gasteiger partial charge is 0.467 e. The Labute approximate surface area is 201 Å². The Morgan fingerprint density at radius 2 is 1.82 bits per heavy atom. The Hall–Kier alpha value is -3.57. The van der Waals surface area contributed by atoms with E-state index in [1.165, 1.54) is 11.2 Å². The molecule has 7 nitrogen and oxygen atoms in total. The van der Waals surface area contributed by atoms with Gasteiger partial charge in [-0.3, -0.25) is 9.52 Å². The molecule has 2 aromatic carbocycles.